The number of carbonyl (C=O) groups is 2. The first-order chi connectivity index (χ1) is 14.6. The topological polar surface area (TPSA) is 79.5 Å². The van der Waals surface area contributed by atoms with Gasteiger partial charge in [-0.15, -0.1) is 0 Å². The lowest BCUT2D eigenvalue weighted by Crippen LogP contribution is -2.40. The van der Waals surface area contributed by atoms with Gasteiger partial charge in [-0.3, -0.25) is 9.59 Å². The fourth-order valence-electron chi connectivity index (χ4n) is 4.33. The molecule has 2 amide bonds. The molecule has 0 saturated carbocycles. The zero-order valence-corrected chi connectivity index (χ0v) is 16.7. The van der Waals surface area contributed by atoms with Crippen molar-refractivity contribution in [3.63, 3.8) is 0 Å². The average molecular weight is 402 g/mol. The predicted molar refractivity (Wildman–Crippen MR) is 112 cm³/mol. The summed E-state index contributed by atoms with van der Waals surface area (Å²) in [5.41, 5.74) is 3.70. The largest absolute Gasteiger partial charge is 0.339 e. The Balaban J connectivity index is 1.37. The summed E-state index contributed by atoms with van der Waals surface area (Å²) in [5.74, 6) is 0.612. The number of hydrogen-bond donors (Lipinski definition) is 0. The standard InChI is InChI=1S/C23H22N4O3/c1-15-24-22(25-30-15)17-7-4-9-19(12-17)27-14-18(13-21(27)28)23(29)26-11-5-8-16-6-2-3-10-20(16)26/h2-4,6-7,9-10,12,18H,5,8,11,13-14H2,1H3. The third-order valence-electron chi connectivity index (χ3n) is 5.79. The first-order valence-corrected chi connectivity index (χ1v) is 10.2. The Labute approximate surface area is 174 Å². The second-order valence-electron chi connectivity index (χ2n) is 7.81. The number of aryl methyl sites for hydroxylation is 2. The van der Waals surface area contributed by atoms with Crippen molar-refractivity contribution in [3.05, 3.63) is 60.0 Å². The molecular formula is C23H22N4O3. The van der Waals surface area contributed by atoms with Crippen molar-refractivity contribution in [2.24, 2.45) is 5.92 Å². The molecule has 30 heavy (non-hydrogen) atoms. The van der Waals surface area contributed by atoms with Crippen LogP contribution in [0.3, 0.4) is 0 Å². The maximum absolute atomic E-state index is 13.3. The lowest BCUT2D eigenvalue weighted by atomic mass is 9.99. The molecular weight excluding hydrogens is 380 g/mol. The normalized spacial score (nSPS) is 18.6. The van der Waals surface area contributed by atoms with Crippen LogP contribution < -0.4 is 9.80 Å². The highest BCUT2D eigenvalue weighted by molar-refractivity contribution is 6.05. The minimum Gasteiger partial charge on any atom is -0.339 e. The molecule has 1 saturated heterocycles. The molecule has 0 bridgehead atoms. The Kier molecular flexibility index (Phi) is 4.58. The van der Waals surface area contributed by atoms with Crippen molar-refractivity contribution in [2.75, 3.05) is 22.9 Å². The quantitative estimate of drug-likeness (QED) is 0.671. The summed E-state index contributed by atoms with van der Waals surface area (Å²) >= 11 is 0. The molecule has 152 valence electrons. The monoisotopic (exact) mass is 402 g/mol. The number of rotatable bonds is 3. The lowest BCUT2D eigenvalue weighted by molar-refractivity contribution is -0.124. The molecule has 7 heteroatoms. The van der Waals surface area contributed by atoms with Gasteiger partial charge < -0.3 is 14.3 Å². The third-order valence-corrected chi connectivity index (χ3v) is 5.79. The molecule has 0 radical (unpaired) electrons. The van der Waals surface area contributed by atoms with Crippen LogP contribution in [0.25, 0.3) is 11.4 Å². The van der Waals surface area contributed by atoms with Crippen molar-refractivity contribution >= 4 is 23.2 Å². The molecule has 1 aromatic heterocycles. The van der Waals surface area contributed by atoms with Crippen LogP contribution in [-0.2, 0) is 16.0 Å². The van der Waals surface area contributed by atoms with Crippen molar-refractivity contribution in [1.29, 1.82) is 0 Å². The Morgan fingerprint density at radius 3 is 2.87 bits per heavy atom. The van der Waals surface area contributed by atoms with E-state index < -0.39 is 0 Å². The lowest BCUT2D eigenvalue weighted by Gasteiger charge is -2.31. The zero-order chi connectivity index (χ0) is 20.7. The maximum atomic E-state index is 13.3. The molecule has 5 rings (SSSR count). The smallest absolute Gasteiger partial charge is 0.232 e. The highest BCUT2D eigenvalue weighted by Crippen LogP contribution is 2.33. The van der Waals surface area contributed by atoms with Gasteiger partial charge in [0.1, 0.15) is 0 Å². The molecule has 1 unspecified atom stereocenters. The Hall–Kier alpha value is -3.48. The molecule has 3 heterocycles. The SMILES string of the molecule is Cc1nc(-c2cccc(N3CC(C(=O)N4CCCc5ccccc54)CC3=O)c2)no1. The highest BCUT2D eigenvalue weighted by atomic mass is 16.5. The summed E-state index contributed by atoms with van der Waals surface area (Å²) in [6.07, 6.45) is 2.15. The summed E-state index contributed by atoms with van der Waals surface area (Å²) in [4.78, 5) is 33.9. The van der Waals surface area contributed by atoms with Crippen LogP contribution in [0, 0.1) is 12.8 Å². The Morgan fingerprint density at radius 2 is 2.03 bits per heavy atom. The Bertz CT molecular complexity index is 1120. The van der Waals surface area contributed by atoms with Gasteiger partial charge in [0.2, 0.25) is 23.5 Å². The molecule has 1 fully saturated rings. The van der Waals surface area contributed by atoms with Crippen molar-refractivity contribution in [1.82, 2.24) is 10.1 Å². The van der Waals surface area contributed by atoms with E-state index in [1.54, 1.807) is 11.8 Å². The summed E-state index contributed by atoms with van der Waals surface area (Å²) in [5, 5.41) is 3.95. The summed E-state index contributed by atoms with van der Waals surface area (Å²) in [6, 6.07) is 15.5. The Morgan fingerprint density at radius 1 is 1.17 bits per heavy atom. The number of benzene rings is 2. The number of anilines is 2. The van der Waals surface area contributed by atoms with Gasteiger partial charge in [0.25, 0.3) is 0 Å². The van der Waals surface area contributed by atoms with E-state index in [9.17, 15) is 9.59 Å². The van der Waals surface area contributed by atoms with E-state index in [2.05, 4.69) is 16.2 Å². The van der Waals surface area contributed by atoms with Crippen LogP contribution in [0.15, 0.2) is 53.1 Å². The van der Waals surface area contributed by atoms with Crippen molar-refractivity contribution in [2.45, 2.75) is 26.2 Å². The van der Waals surface area contributed by atoms with Crippen molar-refractivity contribution < 1.29 is 14.1 Å². The number of carbonyl (C=O) groups excluding carboxylic acids is 2. The fraction of sp³-hybridized carbons (Fsp3) is 0.304. The third kappa shape index (κ3) is 3.26. The minimum absolute atomic E-state index is 0.0305. The van der Waals surface area contributed by atoms with Gasteiger partial charge in [-0.1, -0.05) is 35.5 Å². The van der Waals surface area contributed by atoms with E-state index in [-0.39, 0.29) is 24.2 Å². The number of fused-ring (bicyclic) bond motifs is 1. The molecule has 0 N–H and O–H groups in total. The zero-order valence-electron chi connectivity index (χ0n) is 16.7. The number of amides is 2. The summed E-state index contributed by atoms with van der Waals surface area (Å²) in [6.45, 7) is 2.82. The van der Waals surface area contributed by atoms with E-state index >= 15 is 0 Å². The highest BCUT2D eigenvalue weighted by Gasteiger charge is 2.38. The molecule has 2 aromatic carbocycles. The number of nitrogens with zero attached hydrogens (tertiary/aromatic N) is 4. The fourth-order valence-corrected chi connectivity index (χ4v) is 4.33. The van der Waals surface area contributed by atoms with Gasteiger partial charge >= 0.3 is 0 Å². The summed E-state index contributed by atoms with van der Waals surface area (Å²) in [7, 11) is 0. The van der Waals surface area contributed by atoms with Crippen LogP contribution in [0.1, 0.15) is 24.3 Å². The second-order valence-corrected chi connectivity index (χ2v) is 7.81. The van der Waals surface area contributed by atoms with Crippen molar-refractivity contribution in [3.8, 4) is 11.4 Å². The van der Waals surface area contributed by atoms with Crippen LogP contribution in [0.4, 0.5) is 11.4 Å². The minimum atomic E-state index is -0.347. The summed E-state index contributed by atoms with van der Waals surface area (Å²) < 4.78 is 5.06. The molecule has 7 nitrogen and oxygen atoms in total. The predicted octanol–water partition coefficient (Wildman–Crippen LogP) is 3.38. The van der Waals surface area contributed by atoms with E-state index in [0.29, 0.717) is 24.8 Å². The molecule has 1 atom stereocenters. The second kappa shape index (κ2) is 7.40. The molecule has 2 aliphatic rings. The van der Waals surface area contributed by atoms with Crippen LogP contribution in [0.2, 0.25) is 0 Å². The first-order valence-electron chi connectivity index (χ1n) is 10.2. The number of hydrogen-bond acceptors (Lipinski definition) is 5. The molecule has 0 aliphatic carbocycles. The van der Waals surface area contributed by atoms with Gasteiger partial charge in [-0.05, 0) is 36.6 Å². The van der Waals surface area contributed by atoms with Crippen LogP contribution in [-0.4, -0.2) is 35.0 Å². The van der Waals surface area contributed by atoms with Gasteiger partial charge in [0.05, 0.1) is 5.92 Å². The van der Waals surface area contributed by atoms with E-state index in [1.807, 2.05) is 47.4 Å². The van der Waals surface area contributed by atoms with Gasteiger partial charge in [0.15, 0.2) is 0 Å². The molecule has 2 aliphatic heterocycles. The molecule has 0 spiro atoms. The average Bonchev–Trinajstić information content (AvgIpc) is 3.38. The van der Waals surface area contributed by atoms with E-state index in [0.717, 1.165) is 29.8 Å². The van der Waals surface area contributed by atoms with E-state index in [1.165, 1.54) is 5.56 Å². The number of para-hydroxylation sites is 1. The first kappa shape index (κ1) is 18.5. The van der Waals surface area contributed by atoms with E-state index in [4.69, 9.17) is 4.52 Å². The van der Waals surface area contributed by atoms with Gasteiger partial charge in [0, 0.05) is 43.4 Å². The van der Waals surface area contributed by atoms with Crippen LogP contribution >= 0.6 is 0 Å². The molecule has 3 aromatic rings. The van der Waals surface area contributed by atoms with Gasteiger partial charge in [-0.2, -0.15) is 4.98 Å². The van der Waals surface area contributed by atoms with Gasteiger partial charge in [-0.25, -0.2) is 0 Å². The maximum Gasteiger partial charge on any atom is 0.232 e. The number of aromatic nitrogens is 2. The van der Waals surface area contributed by atoms with Crippen LogP contribution in [0.5, 0.6) is 0 Å².